The summed E-state index contributed by atoms with van der Waals surface area (Å²) in [5, 5.41) is 0. The Balaban J connectivity index is 1.63. The van der Waals surface area contributed by atoms with Gasteiger partial charge in [0.25, 0.3) is 0 Å². The van der Waals surface area contributed by atoms with Crippen molar-refractivity contribution in [1.82, 2.24) is 24.8 Å². The third kappa shape index (κ3) is 3.57. The number of aromatic nitrogens is 4. The lowest BCUT2D eigenvalue weighted by molar-refractivity contribution is 0.240. The fourth-order valence-corrected chi connectivity index (χ4v) is 2.91. The Morgan fingerprint density at radius 2 is 2.19 bits per heavy atom. The molecule has 1 aliphatic rings. The Labute approximate surface area is 129 Å². The number of hydrogen-bond acceptors (Lipinski definition) is 4. The van der Waals surface area contributed by atoms with Crippen molar-refractivity contribution in [2.75, 3.05) is 6.54 Å². The number of hydrogen-bond donors (Lipinski definition) is 2. The minimum Gasteiger partial charge on any atom is -0.345 e. The zero-order chi connectivity index (χ0) is 14.7. The van der Waals surface area contributed by atoms with Crippen LogP contribution in [0.5, 0.6) is 0 Å². The van der Waals surface area contributed by atoms with Gasteiger partial charge in [-0.05, 0) is 18.6 Å². The maximum Gasteiger partial charge on any atom is 0.196 e. The monoisotopic (exact) mass is 303 g/mol. The van der Waals surface area contributed by atoms with Gasteiger partial charge >= 0.3 is 0 Å². The lowest BCUT2D eigenvalue weighted by Crippen LogP contribution is -2.31. The van der Waals surface area contributed by atoms with Gasteiger partial charge in [-0.25, -0.2) is 9.97 Å². The molecule has 2 N–H and O–H groups in total. The van der Waals surface area contributed by atoms with Crippen LogP contribution < -0.4 is 0 Å². The summed E-state index contributed by atoms with van der Waals surface area (Å²) in [5.74, 6) is 1.11. The number of aromatic amines is 2. The molecule has 6 heteroatoms. The summed E-state index contributed by atoms with van der Waals surface area (Å²) >= 11 is 5.08. The Morgan fingerprint density at radius 1 is 1.29 bits per heavy atom. The van der Waals surface area contributed by atoms with Gasteiger partial charge in [0.2, 0.25) is 0 Å². The number of nitrogens with zero attached hydrogens (tertiary/aromatic N) is 3. The molecular weight excluding hydrogens is 282 g/mol. The topological polar surface area (TPSA) is 60.6 Å². The second-order valence-electron chi connectivity index (χ2n) is 5.61. The van der Waals surface area contributed by atoms with E-state index in [1.54, 1.807) is 0 Å². The summed E-state index contributed by atoms with van der Waals surface area (Å²) in [6, 6.07) is 0. The average Bonchev–Trinajstić information content (AvgIpc) is 2.93. The summed E-state index contributed by atoms with van der Waals surface area (Å²) in [7, 11) is 0. The molecule has 3 rings (SSSR count). The standard InChI is InChI=1S/C15H21N5S/c1-2-3-4-14-16-8-12(18-14)10-20-6-5-13-11(9-20)7-17-15(21)19-13/h7-8H,2-6,9-10H2,1H3,(H,16,18)(H,17,19,21). The fourth-order valence-electron chi connectivity index (χ4n) is 2.74. The minimum absolute atomic E-state index is 0.580. The molecule has 0 aromatic carbocycles. The first-order valence-electron chi connectivity index (χ1n) is 7.57. The van der Waals surface area contributed by atoms with Crippen LogP contribution in [0.2, 0.25) is 0 Å². The van der Waals surface area contributed by atoms with Crippen LogP contribution in [-0.2, 0) is 25.9 Å². The van der Waals surface area contributed by atoms with E-state index in [9.17, 15) is 0 Å². The quantitative estimate of drug-likeness (QED) is 0.834. The van der Waals surface area contributed by atoms with Crippen LogP contribution in [0.15, 0.2) is 12.4 Å². The van der Waals surface area contributed by atoms with E-state index in [0.717, 1.165) is 38.3 Å². The maximum atomic E-state index is 5.08. The number of H-pyrrole nitrogens is 2. The minimum atomic E-state index is 0.580. The van der Waals surface area contributed by atoms with Crippen molar-refractivity contribution < 1.29 is 0 Å². The van der Waals surface area contributed by atoms with E-state index >= 15 is 0 Å². The number of aryl methyl sites for hydroxylation is 1. The number of nitrogens with one attached hydrogen (secondary N) is 2. The van der Waals surface area contributed by atoms with Gasteiger partial charge in [-0.1, -0.05) is 13.3 Å². The Kier molecular flexibility index (Phi) is 4.45. The summed E-state index contributed by atoms with van der Waals surface area (Å²) in [6.45, 7) is 5.06. The van der Waals surface area contributed by atoms with Crippen LogP contribution in [0.25, 0.3) is 0 Å². The normalized spacial score (nSPS) is 15.1. The molecule has 0 bridgehead atoms. The molecule has 3 heterocycles. The number of rotatable bonds is 5. The van der Waals surface area contributed by atoms with Crippen molar-refractivity contribution >= 4 is 12.2 Å². The maximum absolute atomic E-state index is 5.08. The molecular formula is C15H21N5S. The predicted octanol–water partition coefficient (Wildman–Crippen LogP) is 2.76. The predicted molar refractivity (Wildman–Crippen MR) is 84.4 cm³/mol. The first-order chi connectivity index (χ1) is 10.2. The van der Waals surface area contributed by atoms with Gasteiger partial charge in [-0.3, -0.25) is 4.90 Å². The van der Waals surface area contributed by atoms with E-state index in [2.05, 4.69) is 31.8 Å². The molecule has 0 saturated heterocycles. The number of imidazole rings is 1. The van der Waals surface area contributed by atoms with Gasteiger partial charge in [0.1, 0.15) is 5.82 Å². The van der Waals surface area contributed by atoms with Gasteiger partial charge in [0.05, 0.1) is 0 Å². The molecule has 0 amide bonds. The van der Waals surface area contributed by atoms with E-state index in [1.165, 1.54) is 29.8 Å². The van der Waals surface area contributed by atoms with Gasteiger partial charge < -0.3 is 9.97 Å². The van der Waals surface area contributed by atoms with Crippen LogP contribution in [0.4, 0.5) is 0 Å². The molecule has 5 nitrogen and oxygen atoms in total. The highest BCUT2D eigenvalue weighted by Crippen LogP contribution is 2.17. The van der Waals surface area contributed by atoms with Crippen LogP contribution in [0, 0.1) is 4.77 Å². The number of fused-ring (bicyclic) bond motifs is 1. The zero-order valence-corrected chi connectivity index (χ0v) is 13.2. The summed E-state index contributed by atoms with van der Waals surface area (Å²) in [4.78, 5) is 17.7. The third-order valence-corrected chi connectivity index (χ3v) is 4.10. The largest absolute Gasteiger partial charge is 0.345 e. The SMILES string of the molecule is CCCCc1ncc(CN2CCc3[nH]c(=S)ncc3C2)[nH]1. The summed E-state index contributed by atoms with van der Waals surface area (Å²) in [5.41, 5.74) is 3.68. The molecule has 0 aliphatic carbocycles. The fraction of sp³-hybridized carbons (Fsp3) is 0.533. The third-order valence-electron chi connectivity index (χ3n) is 3.90. The molecule has 2 aromatic heterocycles. The van der Waals surface area contributed by atoms with E-state index < -0.39 is 0 Å². The zero-order valence-electron chi connectivity index (χ0n) is 12.4. The molecule has 0 saturated carbocycles. The van der Waals surface area contributed by atoms with Crippen molar-refractivity contribution in [2.45, 2.75) is 45.7 Å². The second-order valence-corrected chi connectivity index (χ2v) is 6.00. The van der Waals surface area contributed by atoms with Crippen molar-refractivity contribution in [3.05, 3.63) is 39.9 Å². The Bertz CT molecular complexity index is 660. The highest BCUT2D eigenvalue weighted by molar-refractivity contribution is 7.71. The average molecular weight is 303 g/mol. The second kappa shape index (κ2) is 6.49. The molecule has 112 valence electrons. The molecule has 21 heavy (non-hydrogen) atoms. The molecule has 0 fully saturated rings. The summed E-state index contributed by atoms with van der Waals surface area (Å²) < 4.78 is 0.580. The van der Waals surface area contributed by atoms with Crippen LogP contribution in [0.1, 0.15) is 42.5 Å². The van der Waals surface area contributed by atoms with Crippen molar-refractivity contribution in [2.24, 2.45) is 0 Å². The first-order valence-corrected chi connectivity index (χ1v) is 7.97. The van der Waals surface area contributed by atoms with Gasteiger partial charge in [0.15, 0.2) is 4.77 Å². The molecule has 1 aliphatic heterocycles. The van der Waals surface area contributed by atoms with Crippen LogP contribution >= 0.6 is 12.2 Å². The van der Waals surface area contributed by atoms with Gasteiger partial charge in [0, 0.05) is 61.8 Å². The number of unbranched alkanes of at least 4 members (excludes halogenated alkanes) is 1. The van der Waals surface area contributed by atoms with Crippen LogP contribution in [0.3, 0.4) is 0 Å². The van der Waals surface area contributed by atoms with Gasteiger partial charge in [-0.15, -0.1) is 0 Å². The molecule has 0 atom stereocenters. The van der Waals surface area contributed by atoms with Crippen molar-refractivity contribution in [3.63, 3.8) is 0 Å². The Hall–Kier alpha value is -1.53. The van der Waals surface area contributed by atoms with E-state index in [4.69, 9.17) is 12.2 Å². The Morgan fingerprint density at radius 3 is 3.05 bits per heavy atom. The van der Waals surface area contributed by atoms with E-state index in [1.807, 2.05) is 12.4 Å². The molecule has 0 spiro atoms. The first kappa shape index (κ1) is 14.4. The lowest BCUT2D eigenvalue weighted by Gasteiger charge is -2.27. The highest BCUT2D eigenvalue weighted by Gasteiger charge is 2.17. The highest BCUT2D eigenvalue weighted by atomic mass is 32.1. The van der Waals surface area contributed by atoms with Crippen LogP contribution in [-0.4, -0.2) is 31.4 Å². The molecule has 0 radical (unpaired) electrons. The molecule has 2 aromatic rings. The smallest absolute Gasteiger partial charge is 0.196 e. The van der Waals surface area contributed by atoms with Gasteiger partial charge in [-0.2, -0.15) is 0 Å². The van der Waals surface area contributed by atoms with E-state index in [0.29, 0.717) is 4.77 Å². The molecule has 0 unspecified atom stereocenters. The van der Waals surface area contributed by atoms with E-state index in [-0.39, 0.29) is 0 Å². The summed E-state index contributed by atoms with van der Waals surface area (Å²) in [6.07, 6.45) is 8.30. The van der Waals surface area contributed by atoms with Crippen molar-refractivity contribution in [1.29, 1.82) is 0 Å². The lowest BCUT2D eigenvalue weighted by atomic mass is 10.1. The van der Waals surface area contributed by atoms with Crippen molar-refractivity contribution in [3.8, 4) is 0 Å².